The maximum atomic E-state index is 4.76. The Labute approximate surface area is 136 Å². The van der Waals surface area contributed by atoms with Gasteiger partial charge < -0.3 is 12.4 Å². The Morgan fingerprint density at radius 2 is 1.50 bits per heavy atom. The smallest absolute Gasteiger partial charge is 0.334 e. The van der Waals surface area contributed by atoms with Gasteiger partial charge >= 0.3 is 5.82 Å². The minimum Gasteiger partial charge on any atom is -1.00 e. The summed E-state index contributed by atoms with van der Waals surface area (Å²) in [6, 6.07) is 20.5. The molecule has 0 unspecified atom stereocenters. The van der Waals surface area contributed by atoms with Crippen molar-refractivity contribution in [2.45, 2.75) is 13.5 Å². The number of benzene rings is 2. The van der Waals surface area contributed by atoms with E-state index in [1.807, 2.05) is 52.8 Å². The Morgan fingerprint density at radius 1 is 0.955 bits per heavy atom. The molecule has 0 saturated heterocycles. The van der Waals surface area contributed by atoms with Gasteiger partial charge in [-0.15, -0.1) is 9.36 Å². The van der Waals surface area contributed by atoms with Gasteiger partial charge in [-0.2, -0.15) is 0 Å². The monoisotopic (exact) mass is 314 g/mol. The third kappa shape index (κ3) is 2.83. The third-order valence-electron chi connectivity index (χ3n) is 3.47. The second-order valence-electron chi connectivity index (χ2n) is 4.75. The molecule has 3 aromatic rings. The van der Waals surface area contributed by atoms with E-state index in [2.05, 4.69) is 36.6 Å². The fourth-order valence-electron chi connectivity index (χ4n) is 2.49. The maximum absolute atomic E-state index is 4.76. The second-order valence-corrected chi connectivity index (χ2v) is 4.75. The van der Waals surface area contributed by atoms with Crippen molar-refractivity contribution in [3.8, 4) is 22.8 Å². The Kier molecular flexibility index (Phi) is 5.17. The summed E-state index contributed by atoms with van der Waals surface area (Å²) >= 11 is 0. The zero-order valence-electron chi connectivity index (χ0n) is 12.7. The van der Waals surface area contributed by atoms with E-state index in [1.54, 1.807) is 0 Å². The van der Waals surface area contributed by atoms with Crippen LogP contribution in [0, 0.1) is 0 Å². The second kappa shape index (κ2) is 7.09. The lowest BCUT2D eigenvalue weighted by molar-refractivity contribution is -0.737. The third-order valence-corrected chi connectivity index (χ3v) is 3.47. The summed E-state index contributed by atoms with van der Waals surface area (Å²) in [4.78, 5) is 0. The number of rotatable bonds is 4. The van der Waals surface area contributed by atoms with Crippen LogP contribution in [0.3, 0.4) is 0 Å². The van der Waals surface area contributed by atoms with E-state index in [9.17, 15) is 0 Å². The van der Waals surface area contributed by atoms with Gasteiger partial charge in [-0.1, -0.05) is 36.4 Å². The Hall–Kier alpha value is -2.33. The first kappa shape index (κ1) is 16.0. The van der Waals surface area contributed by atoms with Gasteiger partial charge in [-0.25, -0.2) is 0 Å². The zero-order chi connectivity index (χ0) is 14.7. The summed E-state index contributed by atoms with van der Waals surface area (Å²) < 4.78 is 4.06. The highest BCUT2D eigenvalue weighted by atomic mass is 35.5. The molecule has 114 valence electrons. The molecule has 0 bridgehead atoms. The first-order valence-electron chi connectivity index (χ1n) is 7.16. The molecule has 0 atom stereocenters. The maximum Gasteiger partial charge on any atom is 0.334 e. The number of halogens is 1. The number of aryl methyl sites for hydroxylation is 1. The predicted octanol–water partition coefficient (Wildman–Crippen LogP) is -0.298. The van der Waals surface area contributed by atoms with Crippen LogP contribution in [-0.4, -0.2) is 16.8 Å². The summed E-state index contributed by atoms with van der Waals surface area (Å²) in [5, 5.41) is 4.76. The van der Waals surface area contributed by atoms with Gasteiger partial charge in [0.1, 0.15) is 6.54 Å². The van der Waals surface area contributed by atoms with Crippen LogP contribution in [0.4, 0.5) is 0 Å². The van der Waals surface area contributed by atoms with Gasteiger partial charge in [0, 0.05) is 12.6 Å². The molecule has 2 aromatic carbocycles. The lowest BCUT2D eigenvalue weighted by Gasteiger charge is -2.02. The van der Waals surface area contributed by atoms with E-state index in [0.717, 1.165) is 29.3 Å². The molecule has 0 fully saturated rings. The minimum absolute atomic E-state index is 0. The lowest BCUT2D eigenvalue weighted by atomic mass is 10.2. The van der Waals surface area contributed by atoms with Crippen LogP contribution in [0.2, 0.25) is 0 Å². The van der Waals surface area contributed by atoms with E-state index < -0.39 is 0 Å². The van der Waals surface area contributed by atoms with Crippen LogP contribution in [0.1, 0.15) is 6.92 Å². The standard InChI is InChI=1S/C17H19N4.ClH/c1-3-20-17(15-12-8-5-9-13-15)21(18-2)16(19-20)14-10-6-4-7-11-14;/h4-13,18H,3H2,1-2H3;1H/q+1;/p-1. The SMILES string of the molecule is CC[n+]1nc(-c2ccccc2)n(NC)c1-c1ccccc1.[Cl-]. The van der Waals surface area contributed by atoms with Crippen molar-refractivity contribution in [1.82, 2.24) is 9.77 Å². The van der Waals surface area contributed by atoms with E-state index in [4.69, 9.17) is 5.10 Å². The van der Waals surface area contributed by atoms with Gasteiger partial charge in [-0.05, 0) is 36.3 Å². The summed E-state index contributed by atoms with van der Waals surface area (Å²) in [5.41, 5.74) is 5.48. The van der Waals surface area contributed by atoms with E-state index >= 15 is 0 Å². The first-order valence-corrected chi connectivity index (χ1v) is 7.16. The average Bonchev–Trinajstić information content (AvgIpc) is 2.95. The molecule has 0 aliphatic carbocycles. The molecular formula is C17H19ClN4. The van der Waals surface area contributed by atoms with Gasteiger partial charge in [0.05, 0.1) is 5.56 Å². The van der Waals surface area contributed by atoms with Gasteiger partial charge in [0.25, 0.3) is 5.82 Å². The number of hydrogen-bond donors (Lipinski definition) is 1. The van der Waals surface area contributed by atoms with E-state index in [0.29, 0.717) is 0 Å². The molecule has 1 heterocycles. The molecule has 1 N–H and O–H groups in total. The first-order chi connectivity index (χ1) is 10.3. The topological polar surface area (TPSA) is 33.7 Å². The summed E-state index contributed by atoms with van der Waals surface area (Å²) in [6.45, 7) is 2.92. The predicted molar refractivity (Wildman–Crippen MR) is 84.3 cm³/mol. The molecule has 0 saturated carbocycles. The molecule has 22 heavy (non-hydrogen) atoms. The van der Waals surface area contributed by atoms with Crippen molar-refractivity contribution in [2.24, 2.45) is 0 Å². The van der Waals surface area contributed by atoms with Crippen LogP contribution < -0.4 is 22.5 Å². The van der Waals surface area contributed by atoms with Gasteiger partial charge in [0.15, 0.2) is 0 Å². The van der Waals surface area contributed by atoms with Crippen LogP contribution in [-0.2, 0) is 6.54 Å². The Bertz CT molecular complexity index is 723. The average molecular weight is 315 g/mol. The quantitative estimate of drug-likeness (QED) is 0.671. The van der Waals surface area contributed by atoms with Gasteiger partial charge in [0.2, 0.25) is 0 Å². The Morgan fingerprint density at radius 3 is 2.00 bits per heavy atom. The molecule has 0 aliphatic rings. The molecular weight excluding hydrogens is 296 g/mol. The van der Waals surface area contributed by atoms with Crippen molar-refractivity contribution in [3.63, 3.8) is 0 Å². The molecule has 5 heteroatoms. The largest absolute Gasteiger partial charge is 1.00 e. The summed E-state index contributed by atoms with van der Waals surface area (Å²) in [5.74, 6) is 1.97. The van der Waals surface area contributed by atoms with Gasteiger partial charge in [-0.3, -0.25) is 5.43 Å². The van der Waals surface area contributed by atoms with E-state index in [-0.39, 0.29) is 12.4 Å². The van der Waals surface area contributed by atoms with Crippen molar-refractivity contribution < 1.29 is 17.1 Å². The fraction of sp³-hybridized carbons (Fsp3) is 0.176. The molecule has 0 radical (unpaired) electrons. The molecule has 3 rings (SSSR count). The normalized spacial score (nSPS) is 10.1. The van der Waals surface area contributed by atoms with Crippen molar-refractivity contribution in [1.29, 1.82) is 0 Å². The summed E-state index contributed by atoms with van der Waals surface area (Å²) in [6.07, 6.45) is 0. The molecule has 0 spiro atoms. The molecule has 0 amide bonds. The molecule has 1 aromatic heterocycles. The number of nitrogens with zero attached hydrogens (tertiary/aromatic N) is 3. The van der Waals surface area contributed by atoms with E-state index in [1.165, 1.54) is 0 Å². The Balaban J connectivity index is 0.00000176. The highest BCUT2D eigenvalue weighted by Crippen LogP contribution is 2.21. The molecule has 4 nitrogen and oxygen atoms in total. The number of nitrogens with one attached hydrogen (secondary N) is 1. The van der Waals surface area contributed by atoms with Crippen LogP contribution >= 0.6 is 0 Å². The highest BCUT2D eigenvalue weighted by molar-refractivity contribution is 5.60. The highest BCUT2D eigenvalue weighted by Gasteiger charge is 2.26. The van der Waals surface area contributed by atoms with Crippen LogP contribution in [0.25, 0.3) is 22.8 Å². The zero-order valence-corrected chi connectivity index (χ0v) is 13.5. The van der Waals surface area contributed by atoms with Crippen molar-refractivity contribution in [3.05, 3.63) is 60.7 Å². The van der Waals surface area contributed by atoms with Crippen LogP contribution in [0.5, 0.6) is 0 Å². The van der Waals surface area contributed by atoms with Crippen LogP contribution in [0.15, 0.2) is 60.7 Å². The fourth-order valence-corrected chi connectivity index (χ4v) is 2.49. The van der Waals surface area contributed by atoms with Crippen molar-refractivity contribution >= 4 is 0 Å². The molecule has 0 aliphatic heterocycles. The number of aromatic nitrogens is 3. The van der Waals surface area contributed by atoms with Crippen molar-refractivity contribution in [2.75, 3.05) is 12.5 Å². The minimum atomic E-state index is 0. The summed E-state index contributed by atoms with van der Waals surface area (Å²) in [7, 11) is 1.92. The lowest BCUT2D eigenvalue weighted by Crippen LogP contribution is -3.00. The number of hydrogen-bond acceptors (Lipinski definition) is 2.